The predicted octanol–water partition coefficient (Wildman–Crippen LogP) is 3.74. The van der Waals surface area contributed by atoms with Gasteiger partial charge in [-0.1, -0.05) is 18.6 Å². The van der Waals surface area contributed by atoms with Crippen LogP contribution < -0.4 is 4.31 Å². The lowest BCUT2D eigenvalue weighted by Crippen LogP contribution is -2.38. The molecule has 0 atom stereocenters. The van der Waals surface area contributed by atoms with Gasteiger partial charge in [0.15, 0.2) is 0 Å². The molecular formula is C16H24F3N3O2S. The molecule has 0 fully saturated rings. The summed E-state index contributed by atoms with van der Waals surface area (Å²) in [5.74, 6) is 0. The number of benzene rings is 1. The number of sulfonamides is 1. The fraction of sp³-hybridized carbons (Fsp3) is 0.562. The molecule has 0 radical (unpaired) electrons. The molecule has 0 heterocycles. The third-order valence-corrected chi connectivity index (χ3v) is 5.18. The Morgan fingerprint density at radius 1 is 1.24 bits per heavy atom. The molecule has 0 unspecified atom stereocenters. The first kappa shape index (κ1) is 21.3. The molecular weight excluding hydrogens is 355 g/mol. The molecule has 0 aromatic heterocycles. The molecule has 0 aliphatic rings. The van der Waals surface area contributed by atoms with Gasteiger partial charge in [-0.3, -0.25) is 9.31 Å². The van der Waals surface area contributed by atoms with Crippen molar-refractivity contribution in [1.29, 1.82) is 0 Å². The highest BCUT2D eigenvalue weighted by atomic mass is 32.2. The van der Waals surface area contributed by atoms with Gasteiger partial charge in [-0.05, 0) is 39.3 Å². The number of aryl methyl sites for hydroxylation is 1. The number of hydrogen-bond donors (Lipinski definition) is 0. The van der Waals surface area contributed by atoms with E-state index in [1.54, 1.807) is 31.0 Å². The second-order valence-electron chi connectivity index (χ2n) is 5.67. The highest BCUT2D eigenvalue weighted by Crippen LogP contribution is 2.32. The van der Waals surface area contributed by atoms with E-state index in [2.05, 4.69) is 5.10 Å². The summed E-state index contributed by atoms with van der Waals surface area (Å²) < 4.78 is 62.4. The zero-order chi connectivity index (χ0) is 19.4. The Bertz CT molecular complexity index is 731. The van der Waals surface area contributed by atoms with Gasteiger partial charge in [0.25, 0.3) is 0 Å². The van der Waals surface area contributed by atoms with Gasteiger partial charge in [0.05, 0.1) is 11.4 Å². The number of hydrazone groups is 1. The van der Waals surface area contributed by atoms with Crippen molar-refractivity contribution in [3.05, 3.63) is 29.3 Å². The van der Waals surface area contributed by atoms with Gasteiger partial charge < -0.3 is 0 Å². The Balaban J connectivity index is 3.44. The Morgan fingerprint density at radius 2 is 1.84 bits per heavy atom. The van der Waals surface area contributed by atoms with Crippen LogP contribution in [0.5, 0.6) is 0 Å². The van der Waals surface area contributed by atoms with Crippen LogP contribution in [0.2, 0.25) is 0 Å². The lowest BCUT2D eigenvalue weighted by molar-refractivity contribution is -0.0437. The van der Waals surface area contributed by atoms with Gasteiger partial charge in [-0.2, -0.15) is 26.7 Å². The minimum Gasteiger partial charge on any atom is -0.297 e. The van der Waals surface area contributed by atoms with E-state index in [-0.39, 0.29) is 9.99 Å². The second-order valence-corrected chi connectivity index (χ2v) is 7.63. The largest absolute Gasteiger partial charge is 0.516 e. The number of anilines is 1. The molecule has 0 saturated carbocycles. The van der Waals surface area contributed by atoms with E-state index in [1.165, 1.54) is 6.07 Å². The molecule has 1 rings (SSSR count). The third kappa shape index (κ3) is 4.87. The second kappa shape index (κ2) is 8.07. The molecule has 5 nitrogen and oxygen atoms in total. The van der Waals surface area contributed by atoms with E-state index in [0.29, 0.717) is 24.4 Å². The van der Waals surface area contributed by atoms with Crippen molar-refractivity contribution < 1.29 is 21.6 Å². The van der Waals surface area contributed by atoms with E-state index in [0.717, 1.165) is 19.0 Å². The molecule has 9 heteroatoms. The first-order chi connectivity index (χ1) is 11.5. The summed E-state index contributed by atoms with van der Waals surface area (Å²) in [4.78, 5) is 0. The molecule has 1 aromatic rings. The average Bonchev–Trinajstić information content (AvgIpc) is 2.52. The van der Waals surface area contributed by atoms with Crippen LogP contribution in [0.3, 0.4) is 0 Å². The number of halogens is 3. The van der Waals surface area contributed by atoms with Crippen LogP contribution in [0.4, 0.5) is 18.9 Å². The number of rotatable bonds is 7. The quantitative estimate of drug-likeness (QED) is 0.536. The fourth-order valence-corrected chi connectivity index (χ4v) is 3.03. The lowest BCUT2D eigenvalue weighted by Gasteiger charge is -2.24. The van der Waals surface area contributed by atoms with Crippen LogP contribution in [0, 0.1) is 6.92 Å². The van der Waals surface area contributed by atoms with E-state index in [4.69, 9.17) is 0 Å². The summed E-state index contributed by atoms with van der Waals surface area (Å²) in [6, 6.07) is 4.57. The van der Waals surface area contributed by atoms with Gasteiger partial charge in [0.1, 0.15) is 0 Å². The normalized spacial score (nSPS) is 13.0. The maximum atomic E-state index is 12.9. The molecule has 1 aromatic carbocycles. The van der Waals surface area contributed by atoms with Crippen molar-refractivity contribution in [3.8, 4) is 0 Å². The minimum atomic E-state index is -5.48. The molecule has 25 heavy (non-hydrogen) atoms. The average molecular weight is 379 g/mol. The van der Waals surface area contributed by atoms with Crippen molar-refractivity contribution in [3.63, 3.8) is 0 Å². The fourth-order valence-electron chi connectivity index (χ4n) is 2.30. The van der Waals surface area contributed by atoms with Gasteiger partial charge >= 0.3 is 15.5 Å². The molecule has 0 saturated heterocycles. The Hall–Kier alpha value is -1.77. The summed E-state index contributed by atoms with van der Waals surface area (Å²) >= 11 is 0. The molecule has 0 bridgehead atoms. The Kier molecular flexibility index (Phi) is 6.87. The van der Waals surface area contributed by atoms with Crippen molar-refractivity contribution in [1.82, 2.24) is 5.01 Å². The number of alkyl halides is 3. The molecule has 0 aliphatic heterocycles. The summed E-state index contributed by atoms with van der Waals surface area (Å²) in [5.41, 5.74) is -3.82. The van der Waals surface area contributed by atoms with E-state index in [9.17, 15) is 21.6 Å². The Labute approximate surface area is 147 Å². The Morgan fingerprint density at radius 3 is 2.32 bits per heavy atom. The number of hydrogen-bond acceptors (Lipinski definition) is 4. The van der Waals surface area contributed by atoms with Gasteiger partial charge in [-0.15, -0.1) is 0 Å². The van der Waals surface area contributed by atoms with Crippen LogP contribution in [-0.2, 0) is 10.0 Å². The van der Waals surface area contributed by atoms with Crippen LogP contribution in [-0.4, -0.2) is 44.8 Å². The molecule has 0 N–H and O–H groups in total. The van der Waals surface area contributed by atoms with Crippen molar-refractivity contribution in [2.24, 2.45) is 5.10 Å². The summed E-state index contributed by atoms with van der Waals surface area (Å²) in [6.07, 6.45) is 0.869. The van der Waals surface area contributed by atoms with E-state index >= 15 is 0 Å². The van der Waals surface area contributed by atoms with Gasteiger partial charge in [0, 0.05) is 25.7 Å². The maximum absolute atomic E-state index is 12.9. The molecule has 0 aliphatic carbocycles. The van der Waals surface area contributed by atoms with Gasteiger partial charge in [-0.25, -0.2) is 0 Å². The standard InChI is InChI=1S/C16H24F3N3O2S/c1-6-10-22(7-2)20-13(4)14-11-12(3)8-9-15(14)21(5)25(23,24)16(17,18)19/h8-9,11H,6-7,10H2,1-5H3/b20-13+. The highest BCUT2D eigenvalue weighted by Gasteiger charge is 2.49. The van der Waals surface area contributed by atoms with E-state index in [1.807, 2.05) is 13.8 Å². The van der Waals surface area contributed by atoms with Crippen LogP contribution in [0.1, 0.15) is 38.3 Å². The van der Waals surface area contributed by atoms with Crippen molar-refractivity contribution in [2.45, 2.75) is 39.6 Å². The monoisotopic (exact) mass is 379 g/mol. The molecule has 0 spiro atoms. The zero-order valence-corrected chi connectivity index (χ0v) is 15.9. The van der Waals surface area contributed by atoms with Crippen molar-refractivity contribution in [2.75, 3.05) is 24.4 Å². The summed E-state index contributed by atoms with van der Waals surface area (Å²) in [6.45, 7) is 8.70. The first-order valence-corrected chi connectivity index (χ1v) is 9.36. The minimum absolute atomic E-state index is 0.0586. The predicted molar refractivity (Wildman–Crippen MR) is 94.3 cm³/mol. The third-order valence-electron chi connectivity index (χ3n) is 3.67. The lowest BCUT2D eigenvalue weighted by atomic mass is 10.1. The van der Waals surface area contributed by atoms with Gasteiger partial charge in [0.2, 0.25) is 0 Å². The summed E-state index contributed by atoms with van der Waals surface area (Å²) in [7, 11) is -4.58. The SMILES string of the molecule is CCCN(CC)/N=C(\C)c1cc(C)ccc1N(C)S(=O)(=O)C(F)(F)F. The zero-order valence-electron chi connectivity index (χ0n) is 15.1. The van der Waals surface area contributed by atoms with E-state index < -0.39 is 15.5 Å². The smallest absolute Gasteiger partial charge is 0.297 e. The molecule has 0 amide bonds. The molecule has 142 valence electrons. The van der Waals surface area contributed by atoms with Crippen LogP contribution in [0.25, 0.3) is 0 Å². The van der Waals surface area contributed by atoms with Crippen LogP contribution >= 0.6 is 0 Å². The van der Waals surface area contributed by atoms with Crippen molar-refractivity contribution >= 4 is 21.4 Å². The van der Waals surface area contributed by atoms with Crippen LogP contribution in [0.15, 0.2) is 23.3 Å². The summed E-state index contributed by atoms with van der Waals surface area (Å²) in [5, 5.41) is 6.22. The number of nitrogens with zero attached hydrogens (tertiary/aromatic N) is 3. The highest BCUT2D eigenvalue weighted by molar-refractivity contribution is 7.93. The maximum Gasteiger partial charge on any atom is 0.516 e. The topological polar surface area (TPSA) is 53.0 Å². The first-order valence-electron chi connectivity index (χ1n) is 7.92.